The van der Waals surface area contributed by atoms with Crippen molar-refractivity contribution in [2.45, 2.75) is 45.6 Å². The maximum atomic E-state index is 11.6. The smallest absolute Gasteiger partial charge is 0.150 e. The third-order valence-electron chi connectivity index (χ3n) is 4.69. The van der Waals surface area contributed by atoms with Crippen LogP contribution < -0.4 is 5.73 Å². The molecule has 2 unspecified atom stereocenters. The van der Waals surface area contributed by atoms with E-state index in [9.17, 15) is 8.42 Å². The number of sulfone groups is 1. The maximum Gasteiger partial charge on any atom is 0.150 e. The van der Waals surface area contributed by atoms with E-state index in [0.717, 1.165) is 31.4 Å². The standard InChI is InChI=1S/C15H27N3O2S/c1-3-15(4-2)18-7-5-14(17-18)9-13(10-16)12-6-8-21(19,20)11-12/h5,7,12-13,15H,3-4,6,8-11,16H2,1-2H3. The molecule has 1 aliphatic rings. The summed E-state index contributed by atoms with van der Waals surface area (Å²) >= 11 is 0. The molecule has 5 nitrogen and oxygen atoms in total. The Labute approximate surface area is 127 Å². The highest BCUT2D eigenvalue weighted by molar-refractivity contribution is 7.91. The van der Waals surface area contributed by atoms with Gasteiger partial charge in [0.25, 0.3) is 0 Å². The van der Waals surface area contributed by atoms with E-state index < -0.39 is 9.84 Å². The van der Waals surface area contributed by atoms with Crippen molar-refractivity contribution in [1.29, 1.82) is 0 Å². The topological polar surface area (TPSA) is 78.0 Å². The summed E-state index contributed by atoms with van der Waals surface area (Å²) in [5.41, 5.74) is 6.91. The molecule has 0 aromatic carbocycles. The van der Waals surface area contributed by atoms with Gasteiger partial charge in [0, 0.05) is 6.20 Å². The molecule has 1 saturated heterocycles. The highest BCUT2D eigenvalue weighted by Crippen LogP contribution is 2.28. The molecule has 0 radical (unpaired) electrons. The van der Waals surface area contributed by atoms with Gasteiger partial charge in [0.05, 0.1) is 23.2 Å². The predicted octanol–water partition coefficient (Wildman–Crippen LogP) is 1.80. The van der Waals surface area contributed by atoms with Crippen LogP contribution in [0, 0.1) is 11.8 Å². The van der Waals surface area contributed by atoms with Crippen molar-refractivity contribution in [3.05, 3.63) is 18.0 Å². The number of nitrogens with two attached hydrogens (primary N) is 1. The first-order chi connectivity index (χ1) is 9.99. The van der Waals surface area contributed by atoms with E-state index in [1.807, 2.05) is 16.9 Å². The van der Waals surface area contributed by atoms with Crippen LogP contribution in [-0.2, 0) is 16.3 Å². The Kier molecular flexibility index (Phi) is 5.43. The quantitative estimate of drug-likeness (QED) is 0.832. The molecule has 6 heteroatoms. The SMILES string of the molecule is CCC(CC)n1ccc(CC(CN)C2CCS(=O)(=O)C2)n1. The molecule has 21 heavy (non-hydrogen) atoms. The van der Waals surface area contributed by atoms with Crippen LogP contribution in [-0.4, -0.2) is 36.2 Å². The van der Waals surface area contributed by atoms with Crippen LogP contribution in [0.2, 0.25) is 0 Å². The minimum atomic E-state index is -2.84. The lowest BCUT2D eigenvalue weighted by molar-refractivity contribution is 0.362. The van der Waals surface area contributed by atoms with Crippen LogP contribution in [0.25, 0.3) is 0 Å². The van der Waals surface area contributed by atoms with Gasteiger partial charge in [0.1, 0.15) is 0 Å². The maximum absolute atomic E-state index is 11.6. The molecule has 0 bridgehead atoms. The summed E-state index contributed by atoms with van der Waals surface area (Å²) in [7, 11) is -2.84. The highest BCUT2D eigenvalue weighted by atomic mass is 32.2. The van der Waals surface area contributed by atoms with Crippen LogP contribution in [0.4, 0.5) is 0 Å². The van der Waals surface area contributed by atoms with Gasteiger partial charge >= 0.3 is 0 Å². The van der Waals surface area contributed by atoms with E-state index in [1.54, 1.807) is 0 Å². The fourth-order valence-electron chi connectivity index (χ4n) is 3.26. The molecule has 0 saturated carbocycles. The number of aromatic nitrogens is 2. The van der Waals surface area contributed by atoms with Gasteiger partial charge < -0.3 is 5.73 Å². The summed E-state index contributed by atoms with van der Waals surface area (Å²) in [4.78, 5) is 0. The predicted molar refractivity (Wildman–Crippen MR) is 84.9 cm³/mol. The second kappa shape index (κ2) is 6.92. The van der Waals surface area contributed by atoms with Crippen molar-refractivity contribution >= 4 is 9.84 Å². The fourth-order valence-corrected chi connectivity index (χ4v) is 5.18. The second-order valence-electron chi connectivity index (χ2n) is 6.12. The summed E-state index contributed by atoms with van der Waals surface area (Å²) < 4.78 is 25.3. The lowest BCUT2D eigenvalue weighted by atomic mass is 9.88. The van der Waals surface area contributed by atoms with Gasteiger partial charge in [-0.25, -0.2) is 8.42 Å². The minimum absolute atomic E-state index is 0.193. The molecule has 120 valence electrons. The first kappa shape index (κ1) is 16.5. The largest absolute Gasteiger partial charge is 0.330 e. The van der Waals surface area contributed by atoms with Crippen LogP contribution >= 0.6 is 0 Å². The van der Waals surface area contributed by atoms with E-state index in [2.05, 4.69) is 18.9 Å². The first-order valence-electron chi connectivity index (χ1n) is 7.93. The molecule has 1 fully saturated rings. The molecule has 0 spiro atoms. The van der Waals surface area contributed by atoms with E-state index in [0.29, 0.717) is 24.1 Å². The Morgan fingerprint density at radius 1 is 1.43 bits per heavy atom. The van der Waals surface area contributed by atoms with E-state index in [4.69, 9.17) is 5.73 Å². The normalized spacial score (nSPS) is 22.8. The van der Waals surface area contributed by atoms with Crippen LogP contribution in [0.3, 0.4) is 0 Å². The third-order valence-corrected chi connectivity index (χ3v) is 6.48. The van der Waals surface area contributed by atoms with Gasteiger partial charge in [-0.3, -0.25) is 4.68 Å². The molecule has 2 heterocycles. The molecule has 0 aliphatic carbocycles. The Morgan fingerprint density at radius 3 is 2.67 bits per heavy atom. The van der Waals surface area contributed by atoms with Crippen molar-refractivity contribution in [3.8, 4) is 0 Å². The molecule has 1 aromatic heterocycles. The highest BCUT2D eigenvalue weighted by Gasteiger charge is 2.33. The molecule has 2 atom stereocenters. The van der Waals surface area contributed by atoms with Crippen LogP contribution in [0.1, 0.15) is 44.8 Å². The minimum Gasteiger partial charge on any atom is -0.330 e. The third kappa shape index (κ3) is 4.07. The summed E-state index contributed by atoms with van der Waals surface area (Å²) in [6.07, 6.45) is 5.70. The zero-order chi connectivity index (χ0) is 15.5. The molecular weight excluding hydrogens is 286 g/mol. The average molecular weight is 313 g/mol. The molecule has 0 amide bonds. The van der Waals surface area contributed by atoms with Crippen LogP contribution in [0.5, 0.6) is 0 Å². The number of hydrogen-bond donors (Lipinski definition) is 1. The lowest BCUT2D eigenvalue weighted by Crippen LogP contribution is -2.26. The van der Waals surface area contributed by atoms with Crippen molar-refractivity contribution in [2.24, 2.45) is 17.6 Å². The Hall–Kier alpha value is -0.880. The van der Waals surface area contributed by atoms with E-state index in [1.165, 1.54) is 0 Å². The molecular formula is C15H27N3O2S. The first-order valence-corrected chi connectivity index (χ1v) is 9.75. The van der Waals surface area contributed by atoms with Crippen molar-refractivity contribution < 1.29 is 8.42 Å². The summed E-state index contributed by atoms with van der Waals surface area (Å²) in [6.45, 7) is 4.86. The summed E-state index contributed by atoms with van der Waals surface area (Å²) in [5, 5.41) is 4.66. The van der Waals surface area contributed by atoms with E-state index >= 15 is 0 Å². The monoisotopic (exact) mass is 313 g/mol. The number of rotatable bonds is 7. The van der Waals surface area contributed by atoms with Crippen molar-refractivity contribution in [3.63, 3.8) is 0 Å². The van der Waals surface area contributed by atoms with Gasteiger partial charge in [0.15, 0.2) is 9.84 Å². The van der Waals surface area contributed by atoms with Gasteiger partial charge in [0.2, 0.25) is 0 Å². The van der Waals surface area contributed by atoms with Crippen LogP contribution in [0.15, 0.2) is 12.3 Å². The van der Waals surface area contributed by atoms with Crippen molar-refractivity contribution in [2.75, 3.05) is 18.1 Å². The Balaban J connectivity index is 2.02. The van der Waals surface area contributed by atoms with E-state index in [-0.39, 0.29) is 11.8 Å². The Morgan fingerprint density at radius 2 is 2.14 bits per heavy atom. The summed E-state index contributed by atoms with van der Waals surface area (Å²) in [5.74, 6) is 1.02. The van der Waals surface area contributed by atoms with Gasteiger partial charge in [-0.05, 0) is 50.1 Å². The molecule has 2 rings (SSSR count). The van der Waals surface area contributed by atoms with Gasteiger partial charge in [-0.1, -0.05) is 13.8 Å². The lowest BCUT2D eigenvalue weighted by Gasteiger charge is -2.19. The summed E-state index contributed by atoms with van der Waals surface area (Å²) in [6, 6.07) is 2.49. The number of hydrogen-bond acceptors (Lipinski definition) is 4. The second-order valence-corrected chi connectivity index (χ2v) is 8.35. The van der Waals surface area contributed by atoms with Crippen molar-refractivity contribution in [1.82, 2.24) is 9.78 Å². The Bertz CT molecular complexity index is 549. The zero-order valence-electron chi connectivity index (χ0n) is 13.0. The fraction of sp³-hybridized carbons (Fsp3) is 0.800. The zero-order valence-corrected chi connectivity index (χ0v) is 13.8. The van der Waals surface area contributed by atoms with Gasteiger partial charge in [-0.15, -0.1) is 0 Å². The average Bonchev–Trinajstić information content (AvgIpc) is 3.04. The molecule has 1 aliphatic heterocycles. The molecule has 2 N–H and O–H groups in total. The molecule has 1 aromatic rings. The van der Waals surface area contributed by atoms with Gasteiger partial charge in [-0.2, -0.15) is 5.10 Å². The number of nitrogens with zero attached hydrogens (tertiary/aromatic N) is 2.